The fourth-order valence-corrected chi connectivity index (χ4v) is 2.15. The minimum atomic E-state index is 0.0850. The van der Waals surface area contributed by atoms with Gasteiger partial charge in [-0.3, -0.25) is 0 Å². The van der Waals surface area contributed by atoms with E-state index in [1.807, 2.05) is 7.05 Å². The smallest absolute Gasteiger partial charge is 0.135 e. The van der Waals surface area contributed by atoms with Crippen molar-refractivity contribution in [1.29, 1.82) is 0 Å². The van der Waals surface area contributed by atoms with Crippen LogP contribution in [0.1, 0.15) is 25.3 Å². The van der Waals surface area contributed by atoms with E-state index in [4.69, 9.17) is 9.47 Å². The van der Waals surface area contributed by atoms with Crippen molar-refractivity contribution >= 4 is 11.6 Å². The van der Waals surface area contributed by atoms with Crippen LogP contribution in [0, 0.1) is 0 Å². The van der Waals surface area contributed by atoms with Crippen LogP contribution in [-0.4, -0.2) is 49.5 Å². The van der Waals surface area contributed by atoms with Crippen LogP contribution in [0.4, 0.5) is 11.6 Å². The summed E-state index contributed by atoms with van der Waals surface area (Å²) in [6.07, 6.45) is 1.65. The lowest BCUT2D eigenvalue weighted by Gasteiger charge is -2.24. The van der Waals surface area contributed by atoms with Crippen LogP contribution in [0.5, 0.6) is 0 Å². The molecule has 0 aromatic carbocycles. The summed E-state index contributed by atoms with van der Waals surface area (Å²) in [7, 11) is 1.87. The lowest BCUT2D eigenvalue weighted by atomic mass is 10.0. The molecule has 1 fully saturated rings. The number of hydrogen-bond acceptors (Lipinski definition) is 6. The monoisotopic (exact) mass is 266 g/mol. The first-order valence-electron chi connectivity index (χ1n) is 6.68. The number of ether oxygens (including phenoxy) is 2. The molecular weight excluding hydrogens is 244 g/mol. The third-order valence-corrected chi connectivity index (χ3v) is 3.08. The molecule has 0 saturated carbocycles. The summed E-state index contributed by atoms with van der Waals surface area (Å²) in [5.74, 6) is 2.08. The van der Waals surface area contributed by atoms with E-state index in [1.54, 1.807) is 6.33 Å². The van der Waals surface area contributed by atoms with Crippen LogP contribution < -0.4 is 10.6 Å². The van der Waals surface area contributed by atoms with Crippen LogP contribution in [-0.2, 0) is 9.47 Å². The molecule has 1 aliphatic rings. The van der Waals surface area contributed by atoms with E-state index in [1.165, 1.54) is 0 Å². The van der Waals surface area contributed by atoms with E-state index >= 15 is 0 Å². The molecule has 106 valence electrons. The van der Waals surface area contributed by atoms with Crippen molar-refractivity contribution in [2.45, 2.75) is 25.9 Å². The zero-order valence-electron chi connectivity index (χ0n) is 11.8. The van der Waals surface area contributed by atoms with Gasteiger partial charge in [-0.15, -0.1) is 0 Å². The summed E-state index contributed by atoms with van der Waals surface area (Å²) in [4.78, 5) is 8.59. The Morgan fingerprint density at radius 2 is 2.11 bits per heavy atom. The molecule has 0 radical (unpaired) electrons. The number of anilines is 2. The molecule has 6 heteroatoms. The summed E-state index contributed by atoms with van der Waals surface area (Å²) >= 11 is 0. The van der Waals surface area contributed by atoms with Gasteiger partial charge in [-0.2, -0.15) is 0 Å². The van der Waals surface area contributed by atoms with Gasteiger partial charge < -0.3 is 20.1 Å². The van der Waals surface area contributed by atoms with Gasteiger partial charge >= 0.3 is 0 Å². The van der Waals surface area contributed by atoms with E-state index in [9.17, 15) is 0 Å². The molecule has 1 unspecified atom stereocenters. The minimum absolute atomic E-state index is 0.0850. The van der Waals surface area contributed by atoms with Crippen molar-refractivity contribution in [3.63, 3.8) is 0 Å². The van der Waals surface area contributed by atoms with Crippen LogP contribution in [0.3, 0.4) is 0 Å². The average Bonchev–Trinajstić information content (AvgIpc) is 2.45. The Bertz CT molecular complexity index is 406. The molecule has 1 atom stereocenters. The maximum absolute atomic E-state index is 5.61. The maximum Gasteiger partial charge on any atom is 0.135 e. The van der Waals surface area contributed by atoms with E-state index in [0.29, 0.717) is 32.3 Å². The first-order valence-corrected chi connectivity index (χ1v) is 6.68. The highest BCUT2D eigenvalue weighted by Crippen LogP contribution is 2.27. The first-order chi connectivity index (χ1) is 9.22. The Morgan fingerprint density at radius 1 is 1.32 bits per heavy atom. The average molecular weight is 266 g/mol. The van der Waals surface area contributed by atoms with E-state index in [0.717, 1.165) is 17.2 Å². The molecule has 2 N–H and O–H groups in total. The second-order valence-corrected chi connectivity index (χ2v) is 4.84. The number of aromatic nitrogens is 2. The molecule has 0 aliphatic carbocycles. The van der Waals surface area contributed by atoms with Gasteiger partial charge in [0.25, 0.3) is 0 Å². The molecule has 0 spiro atoms. The summed E-state index contributed by atoms with van der Waals surface area (Å²) in [5.41, 5.74) is 1.10. The Kier molecular flexibility index (Phi) is 4.93. The summed E-state index contributed by atoms with van der Waals surface area (Å²) in [6, 6.07) is 0. The van der Waals surface area contributed by atoms with Gasteiger partial charge in [-0.25, -0.2) is 9.97 Å². The topological polar surface area (TPSA) is 68.3 Å². The van der Waals surface area contributed by atoms with Crippen molar-refractivity contribution in [2.75, 3.05) is 44.0 Å². The molecule has 2 rings (SSSR count). The van der Waals surface area contributed by atoms with Gasteiger partial charge in [0, 0.05) is 19.2 Å². The predicted octanol–water partition coefficient (Wildman–Crippen LogP) is 1.47. The SMILES string of the molecule is CNc1ncnc(NCC2COCCO2)c1C(C)C. The predicted molar refractivity (Wildman–Crippen MR) is 74.7 cm³/mol. The van der Waals surface area contributed by atoms with Crippen LogP contribution in [0.25, 0.3) is 0 Å². The fourth-order valence-electron chi connectivity index (χ4n) is 2.15. The van der Waals surface area contributed by atoms with E-state index < -0.39 is 0 Å². The molecule has 1 aliphatic heterocycles. The molecule has 1 saturated heterocycles. The third-order valence-electron chi connectivity index (χ3n) is 3.08. The normalized spacial score (nSPS) is 19.5. The van der Waals surface area contributed by atoms with Crippen molar-refractivity contribution in [2.24, 2.45) is 0 Å². The van der Waals surface area contributed by atoms with Crippen LogP contribution in [0.15, 0.2) is 6.33 Å². The Labute approximate surface area is 113 Å². The van der Waals surface area contributed by atoms with Gasteiger partial charge in [0.1, 0.15) is 18.0 Å². The van der Waals surface area contributed by atoms with Gasteiger partial charge in [0.05, 0.1) is 25.9 Å². The Morgan fingerprint density at radius 3 is 2.74 bits per heavy atom. The number of nitrogens with one attached hydrogen (secondary N) is 2. The standard InChI is InChI=1S/C13H22N4O2/c1-9(2)11-12(14-3)16-8-17-13(11)15-6-10-7-18-4-5-19-10/h8-10H,4-7H2,1-3H3,(H2,14,15,16,17). The lowest BCUT2D eigenvalue weighted by molar-refractivity contribution is -0.0819. The van der Waals surface area contributed by atoms with Gasteiger partial charge in [-0.05, 0) is 5.92 Å². The highest BCUT2D eigenvalue weighted by Gasteiger charge is 2.17. The van der Waals surface area contributed by atoms with Gasteiger partial charge in [0.15, 0.2) is 0 Å². The maximum atomic E-state index is 5.61. The highest BCUT2D eigenvalue weighted by atomic mass is 16.6. The molecule has 1 aromatic heterocycles. The van der Waals surface area contributed by atoms with E-state index in [-0.39, 0.29) is 6.10 Å². The molecular formula is C13H22N4O2. The summed E-state index contributed by atoms with van der Waals surface area (Å²) < 4.78 is 11.0. The highest BCUT2D eigenvalue weighted by molar-refractivity contribution is 5.58. The number of hydrogen-bond donors (Lipinski definition) is 2. The molecule has 2 heterocycles. The van der Waals surface area contributed by atoms with Crippen LogP contribution >= 0.6 is 0 Å². The molecule has 0 amide bonds. The second-order valence-electron chi connectivity index (χ2n) is 4.84. The number of rotatable bonds is 5. The van der Waals surface area contributed by atoms with Crippen molar-refractivity contribution in [3.05, 3.63) is 11.9 Å². The number of nitrogens with zero attached hydrogens (tertiary/aromatic N) is 2. The van der Waals surface area contributed by atoms with E-state index in [2.05, 4.69) is 34.4 Å². The zero-order chi connectivity index (χ0) is 13.7. The van der Waals surface area contributed by atoms with Crippen molar-refractivity contribution in [1.82, 2.24) is 9.97 Å². The van der Waals surface area contributed by atoms with Gasteiger partial charge in [0.2, 0.25) is 0 Å². The largest absolute Gasteiger partial charge is 0.376 e. The second kappa shape index (κ2) is 6.68. The van der Waals surface area contributed by atoms with Crippen LogP contribution in [0.2, 0.25) is 0 Å². The Balaban J connectivity index is 2.06. The third kappa shape index (κ3) is 3.54. The quantitative estimate of drug-likeness (QED) is 0.841. The fraction of sp³-hybridized carbons (Fsp3) is 0.692. The van der Waals surface area contributed by atoms with Crippen molar-refractivity contribution < 1.29 is 9.47 Å². The van der Waals surface area contributed by atoms with Crippen molar-refractivity contribution in [3.8, 4) is 0 Å². The molecule has 6 nitrogen and oxygen atoms in total. The molecule has 1 aromatic rings. The first kappa shape index (κ1) is 14.0. The minimum Gasteiger partial charge on any atom is -0.376 e. The summed E-state index contributed by atoms with van der Waals surface area (Å²) in [5, 5.41) is 6.45. The van der Waals surface area contributed by atoms with Gasteiger partial charge in [-0.1, -0.05) is 13.8 Å². The molecule has 0 bridgehead atoms. The zero-order valence-corrected chi connectivity index (χ0v) is 11.8. The molecule has 19 heavy (non-hydrogen) atoms. The Hall–Kier alpha value is -1.40. The lowest BCUT2D eigenvalue weighted by Crippen LogP contribution is -2.34. The summed E-state index contributed by atoms with van der Waals surface area (Å²) in [6.45, 7) is 6.93.